The average Bonchev–Trinajstić information content (AvgIpc) is 2.46. The summed E-state index contributed by atoms with van der Waals surface area (Å²) in [5, 5.41) is 14.7. The van der Waals surface area contributed by atoms with Gasteiger partial charge in [-0.25, -0.2) is 5.10 Å². The third-order valence-electron chi connectivity index (χ3n) is 1.38. The second-order valence-electron chi connectivity index (χ2n) is 2.36. The Morgan fingerprint density at radius 1 is 1.85 bits per heavy atom. The number of carboxylic acid groups (broad SMARTS) is 1. The minimum atomic E-state index is -0.865. The number of aliphatic carboxylic acids is 1. The van der Waals surface area contributed by atoms with Crippen LogP contribution >= 0.6 is 11.8 Å². The third kappa shape index (κ3) is 2.62. The Balaban J connectivity index is 2.61. The van der Waals surface area contributed by atoms with Crippen LogP contribution in [0.2, 0.25) is 0 Å². The molecular formula is C6H10N4O2S. The number of aromatic nitrogens is 3. The minimum Gasteiger partial charge on any atom is -0.480 e. The van der Waals surface area contributed by atoms with Crippen molar-refractivity contribution in [2.75, 3.05) is 5.73 Å². The molecule has 0 aliphatic heterocycles. The SMILES string of the molecule is CC[C@@H](Sc1n[nH]c(N)n1)C(=O)O. The molecule has 0 fully saturated rings. The quantitative estimate of drug-likeness (QED) is 0.608. The summed E-state index contributed by atoms with van der Waals surface area (Å²) in [5.41, 5.74) is 5.28. The number of nitrogen functional groups attached to an aromatic ring is 1. The average molecular weight is 202 g/mol. The number of nitrogens with zero attached hydrogens (tertiary/aromatic N) is 2. The number of thioether (sulfide) groups is 1. The van der Waals surface area contributed by atoms with Crippen molar-refractivity contribution in [1.82, 2.24) is 15.2 Å². The summed E-state index contributed by atoms with van der Waals surface area (Å²) in [6.07, 6.45) is 0.522. The van der Waals surface area contributed by atoms with Crippen LogP contribution in [0.3, 0.4) is 0 Å². The Morgan fingerprint density at radius 2 is 2.54 bits per heavy atom. The second-order valence-corrected chi connectivity index (χ2v) is 3.53. The van der Waals surface area contributed by atoms with Crippen molar-refractivity contribution in [3.63, 3.8) is 0 Å². The molecule has 72 valence electrons. The van der Waals surface area contributed by atoms with Crippen molar-refractivity contribution in [3.8, 4) is 0 Å². The maximum absolute atomic E-state index is 10.6. The minimum absolute atomic E-state index is 0.197. The summed E-state index contributed by atoms with van der Waals surface area (Å²) in [6, 6.07) is 0. The molecule has 1 atom stereocenters. The lowest BCUT2D eigenvalue weighted by molar-refractivity contribution is -0.136. The fraction of sp³-hybridized carbons (Fsp3) is 0.500. The summed E-state index contributed by atoms with van der Waals surface area (Å²) in [5.74, 6) is -0.668. The van der Waals surface area contributed by atoms with Gasteiger partial charge in [-0.3, -0.25) is 4.79 Å². The Kier molecular flexibility index (Phi) is 3.13. The fourth-order valence-corrected chi connectivity index (χ4v) is 1.52. The van der Waals surface area contributed by atoms with Gasteiger partial charge in [0, 0.05) is 0 Å². The molecule has 13 heavy (non-hydrogen) atoms. The van der Waals surface area contributed by atoms with Crippen LogP contribution in [0.1, 0.15) is 13.3 Å². The number of carboxylic acids is 1. The van der Waals surface area contributed by atoms with Crippen molar-refractivity contribution < 1.29 is 9.90 Å². The maximum Gasteiger partial charge on any atom is 0.317 e. The van der Waals surface area contributed by atoms with Crippen LogP contribution < -0.4 is 5.73 Å². The molecule has 0 amide bonds. The van der Waals surface area contributed by atoms with Gasteiger partial charge in [-0.2, -0.15) is 4.98 Å². The molecular weight excluding hydrogens is 192 g/mol. The normalized spacial score (nSPS) is 12.7. The van der Waals surface area contributed by atoms with E-state index < -0.39 is 11.2 Å². The molecule has 0 aliphatic rings. The molecule has 6 nitrogen and oxygen atoms in total. The number of nitrogens with two attached hydrogens (primary N) is 1. The highest BCUT2D eigenvalue weighted by Gasteiger charge is 2.18. The lowest BCUT2D eigenvalue weighted by atomic mass is 10.3. The molecule has 7 heteroatoms. The molecule has 1 aromatic rings. The highest BCUT2D eigenvalue weighted by molar-refractivity contribution is 8.00. The van der Waals surface area contributed by atoms with Gasteiger partial charge >= 0.3 is 5.97 Å². The third-order valence-corrected chi connectivity index (χ3v) is 2.59. The maximum atomic E-state index is 10.6. The van der Waals surface area contributed by atoms with Crippen molar-refractivity contribution >= 4 is 23.7 Å². The van der Waals surface area contributed by atoms with E-state index in [0.717, 1.165) is 11.8 Å². The van der Waals surface area contributed by atoms with Crippen LogP contribution in [-0.4, -0.2) is 31.5 Å². The summed E-state index contributed by atoms with van der Waals surface area (Å²) >= 11 is 1.08. The van der Waals surface area contributed by atoms with E-state index in [1.165, 1.54) is 0 Å². The van der Waals surface area contributed by atoms with Crippen molar-refractivity contribution in [3.05, 3.63) is 0 Å². The van der Waals surface area contributed by atoms with Gasteiger partial charge in [-0.05, 0) is 6.42 Å². The highest BCUT2D eigenvalue weighted by Crippen LogP contribution is 2.21. The number of carbonyl (C=O) groups is 1. The summed E-state index contributed by atoms with van der Waals surface area (Å²) < 4.78 is 0. The van der Waals surface area contributed by atoms with Crippen molar-refractivity contribution in [1.29, 1.82) is 0 Å². The van der Waals surface area contributed by atoms with E-state index in [9.17, 15) is 4.79 Å². The number of H-pyrrole nitrogens is 1. The molecule has 0 saturated carbocycles. The fourth-order valence-electron chi connectivity index (χ4n) is 0.746. The Labute approximate surface area is 78.9 Å². The number of nitrogens with one attached hydrogen (secondary N) is 1. The summed E-state index contributed by atoms with van der Waals surface area (Å²) in [6.45, 7) is 1.79. The number of aromatic amines is 1. The first-order valence-electron chi connectivity index (χ1n) is 3.70. The Hall–Kier alpha value is -1.24. The number of hydrogen-bond donors (Lipinski definition) is 3. The van der Waals surface area contributed by atoms with Gasteiger partial charge in [0.2, 0.25) is 11.1 Å². The first-order chi connectivity index (χ1) is 6.13. The monoisotopic (exact) mass is 202 g/mol. The smallest absolute Gasteiger partial charge is 0.317 e. The van der Waals surface area contributed by atoms with E-state index in [0.29, 0.717) is 11.6 Å². The van der Waals surface area contributed by atoms with E-state index in [1.54, 1.807) is 6.92 Å². The van der Waals surface area contributed by atoms with Crippen molar-refractivity contribution in [2.24, 2.45) is 0 Å². The first kappa shape index (κ1) is 9.85. The first-order valence-corrected chi connectivity index (χ1v) is 4.58. The van der Waals surface area contributed by atoms with Crippen molar-refractivity contribution in [2.45, 2.75) is 23.8 Å². The molecule has 1 aromatic heterocycles. The van der Waals surface area contributed by atoms with E-state index in [4.69, 9.17) is 10.8 Å². The predicted octanol–water partition coefficient (Wildman–Crippen LogP) is 0.342. The van der Waals surface area contributed by atoms with Gasteiger partial charge in [-0.1, -0.05) is 18.7 Å². The van der Waals surface area contributed by atoms with Gasteiger partial charge < -0.3 is 10.8 Å². The molecule has 4 N–H and O–H groups in total. The van der Waals surface area contributed by atoms with Crippen LogP contribution in [0, 0.1) is 0 Å². The number of hydrogen-bond acceptors (Lipinski definition) is 5. The van der Waals surface area contributed by atoms with Crippen LogP contribution in [0.15, 0.2) is 5.16 Å². The van der Waals surface area contributed by atoms with Crippen LogP contribution in [0.4, 0.5) is 5.95 Å². The largest absolute Gasteiger partial charge is 0.480 e. The van der Waals surface area contributed by atoms with Crippen LogP contribution in [0.25, 0.3) is 0 Å². The predicted molar refractivity (Wildman–Crippen MR) is 48.4 cm³/mol. The van der Waals surface area contributed by atoms with Gasteiger partial charge in [0.1, 0.15) is 5.25 Å². The zero-order valence-corrected chi connectivity index (χ0v) is 7.84. The molecule has 0 aliphatic carbocycles. The topological polar surface area (TPSA) is 105 Å². The zero-order chi connectivity index (χ0) is 9.84. The number of anilines is 1. The summed E-state index contributed by atoms with van der Waals surface area (Å²) in [4.78, 5) is 14.4. The van der Waals surface area contributed by atoms with E-state index in [-0.39, 0.29) is 5.95 Å². The van der Waals surface area contributed by atoms with E-state index >= 15 is 0 Å². The molecule has 0 radical (unpaired) electrons. The Bertz CT molecular complexity index is 301. The van der Waals surface area contributed by atoms with Crippen LogP contribution in [0.5, 0.6) is 0 Å². The molecule has 0 aromatic carbocycles. The van der Waals surface area contributed by atoms with Gasteiger partial charge in [0.05, 0.1) is 0 Å². The molecule has 1 heterocycles. The summed E-state index contributed by atoms with van der Waals surface area (Å²) in [7, 11) is 0. The van der Waals surface area contributed by atoms with Gasteiger partial charge in [0.25, 0.3) is 0 Å². The van der Waals surface area contributed by atoms with Crippen LogP contribution in [-0.2, 0) is 4.79 Å². The zero-order valence-electron chi connectivity index (χ0n) is 7.02. The lowest BCUT2D eigenvalue weighted by Crippen LogP contribution is -2.14. The standard InChI is InChI=1S/C6H10N4O2S/c1-2-3(4(11)12)13-6-8-5(7)9-10-6/h3H,2H2,1H3,(H,11,12)(H3,7,8,9,10)/t3-/m1/s1. The van der Waals surface area contributed by atoms with Gasteiger partial charge in [0.15, 0.2) is 0 Å². The molecule has 1 rings (SSSR count). The molecule has 0 saturated heterocycles. The molecule has 0 unspecified atom stereocenters. The molecule has 0 bridgehead atoms. The van der Waals surface area contributed by atoms with E-state index in [1.807, 2.05) is 0 Å². The Morgan fingerprint density at radius 3 is 2.92 bits per heavy atom. The molecule has 0 spiro atoms. The second kappa shape index (κ2) is 4.13. The highest BCUT2D eigenvalue weighted by atomic mass is 32.2. The van der Waals surface area contributed by atoms with Gasteiger partial charge in [-0.15, -0.1) is 5.10 Å². The number of rotatable bonds is 4. The van der Waals surface area contributed by atoms with E-state index in [2.05, 4.69) is 15.2 Å². The lowest BCUT2D eigenvalue weighted by Gasteiger charge is -2.04.